The van der Waals surface area contributed by atoms with Crippen LogP contribution in [0.1, 0.15) is 135 Å². The Balaban J connectivity index is 1.61. The van der Waals surface area contributed by atoms with E-state index in [9.17, 15) is 43.2 Å². The van der Waals surface area contributed by atoms with Crippen molar-refractivity contribution < 1.29 is 52.6 Å². The molecule has 6 N–H and O–H groups in total. The lowest BCUT2D eigenvalue weighted by atomic mass is 10.1. The van der Waals surface area contributed by atoms with Crippen molar-refractivity contribution in [3.63, 3.8) is 0 Å². The molecule has 0 spiro atoms. The Hall–Kier alpha value is -5.59. The zero-order valence-corrected chi connectivity index (χ0v) is 40.1. The highest BCUT2D eigenvalue weighted by atomic mass is 16.5. The lowest BCUT2D eigenvalue weighted by Crippen LogP contribution is -2.51. The maximum atomic E-state index is 13.1. The van der Waals surface area contributed by atoms with Crippen LogP contribution in [0, 0.1) is 0 Å². The Morgan fingerprint density at radius 3 is 1.55 bits per heavy atom. The fourth-order valence-corrected chi connectivity index (χ4v) is 7.25. The van der Waals surface area contributed by atoms with Gasteiger partial charge in [-0.2, -0.15) is 0 Å². The van der Waals surface area contributed by atoms with Gasteiger partial charge in [0.1, 0.15) is 32.4 Å². The minimum Gasteiger partial charge on any atom is -0.460 e. The van der Waals surface area contributed by atoms with E-state index >= 15 is 0 Å². The number of nitrogens with one attached hydrogen (secondary N) is 6. The Bertz CT molecular complexity index is 1650. The van der Waals surface area contributed by atoms with Gasteiger partial charge in [0.25, 0.3) is 0 Å². The predicted octanol–water partition coefficient (Wildman–Crippen LogP) is 2.54. The molecule has 376 valence electrons. The number of rotatable bonds is 37. The summed E-state index contributed by atoms with van der Waals surface area (Å²) < 4.78 is 10.5. The number of hydrogen-bond acceptors (Lipinski definition) is 11. The third kappa shape index (κ3) is 28.3. The second-order valence-corrected chi connectivity index (χ2v) is 16.8. The van der Waals surface area contributed by atoms with Gasteiger partial charge in [0, 0.05) is 19.6 Å². The summed E-state index contributed by atoms with van der Waals surface area (Å²) in [7, 11) is 0. The van der Waals surface area contributed by atoms with Crippen molar-refractivity contribution in [2.75, 3.05) is 72.1 Å². The number of carbonyl (C=O) groups excluding carboxylic acids is 9. The van der Waals surface area contributed by atoms with Crippen LogP contribution in [-0.2, 0) is 59.2 Å². The molecule has 1 atom stereocenters. The van der Waals surface area contributed by atoms with E-state index in [1.165, 1.54) is 69.1 Å². The zero-order valence-electron chi connectivity index (χ0n) is 40.1. The van der Waals surface area contributed by atoms with Crippen LogP contribution in [0.3, 0.4) is 0 Å². The van der Waals surface area contributed by atoms with Crippen molar-refractivity contribution in [3.05, 3.63) is 35.9 Å². The molecule has 19 nitrogen and oxygen atoms in total. The van der Waals surface area contributed by atoms with Crippen LogP contribution >= 0.6 is 0 Å². The minimum atomic E-state index is -0.883. The first-order chi connectivity index (χ1) is 32.4. The molecule has 19 heteroatoms. The van der Waals surface area contributed by atoms with Crippen molar-refractivity contribution in [1.29, 1.82) is 0 Å². The SMILES string of the molecule is CCCCCCCCCCN(CCCCCCCCCC)C(=O)COCC(=O)NCC(=O)NCC(=O)NCC(=O)N1CCC[C@H]1C(=O)NCC(=O)NCC(=O)NCC(=O)OCc1ccccc1. The van der Waals surface area contributed by atoms with Crippen LogP contribution in [0.4, 0.5) is 0 Å². The Morgan fingerprint density at radius 2 is 1.01 bits per heavy atom. The van der Waals surface area contributed by atoms with E-state index in [1.54, 1.807) is 24.3 Å². The predicted molar refractivity (Wildman–Crippen MR) is 252 cm³/mol. The fourth-order valence-electron chi connectivity index (χ4n) is 7.25. The van der Waals surface area contributed by atoms with Crippen molar-refractivity contribution in [2.24, 2.45) is 0 Å². The molecule has 1 heterocycles. The smallest absolute Gasteiger partial charge is 0.325 e. The average Bonchev–Trinajstić information content (AvgIpc) is 3.83. The van der Waals surface area contributed by atoms with Crippen molar-refractivity contribution in [3.8, 4) is 0 Å². The summed E-state index contributed by atoms with van der Waals surface area (Å²) in [6, 6.07) is 8.12. The van der Waals surface area contributed by atoms with Gasteiger partial charge in [0.2, 0.25) is 47.3 Å². The number of carbonyl (C=O) groups is 9. The standard InChI is InChI=1S/C48H78N8O11/c1-3-5-7-9-11-13-15-20-26-55(27-21-16-14-12-10-8-6-4-2)46(63)37-66-36-44(61)51-31-40(57)49-29-41(58)52-33-45(62)56-28-22-25-39(56)48(65)54-32-43(60)50-30-42(59)53-34-47(64)67-35-38-23-18-17-19-24-38/h17-19,23-24,39H,3-16,20-22,25-37H2,1-2H3,(H,49,57)(H,50,60)(H,51,61)(H,52,58)(H,53,59)(H,54,65)/t39-/m0/s1. The van der Waals surface area contributed by atoms with Gasteiger partial charge in [0.05, 0.1) is 32.7 Å². The zero-order chi connectivity index (χ0) is 48.9. The maximum absolute atomic E-state index is 13.1. The van der Waals surface area contributed by atoms with Crippen molar-refractivity contribution >= 4 is 53.2 Å². The van der Waals surface area contributed by atoms with Crippen LogP contribution in [-0.4, -0.2) is 141 Å². The monoisotopic (exact) mass is 943 g/mol. The molecule has 0 saturated carbocycles. The number of esters is 1. The lowest BCUT2D eigenvalue weighted by Gasteiger charge is -2.24. The second-order valence-electron chi connectivity index (χ2n) is 16.8. The molecule has 0 unspecified atom stereocenters. The molecular formula is C48H78N8O11. The molecule has 0 aromatic heterocycles. The number of ether oxygens (including phenoxy) is 2. The van der Waals surface area contributed by atoms with Gasteiger partial charge in [-0.05, 0) is 31.2 Å². The van der Waals surface area contributed by atoms with E-state index in [1.807, 2.05) is 11.0 Å². The van der Waals surface area contributed by atoms with Gasteiger partial charge < -0.3 is 51.2 Å². The van der Waals surface area contributed by atoms with Gasteiger partial charge >= 0.3 is 5.97 Å². The Labute approximate surface area is 396 Å². The van der Waals surface area contributed by atoms with Gasteiger partial charge in [0.15, 0.2) is 0 Å². The van der Waals surface area contributed by atoms with Gasteiger partial charge in [-0.3, -0.25) is 43.2 Å². The first-order valence-corrected chi connectivity index (χ1v) is 24.4. The molecule has 67 heavy (non-hydrogen) atoms. The van der Waals surface area contributed by atoms with Crippen LogP contribution in [0.5, 0.6) is 0 Å². The van der Waals surface area contributed by atoms with Crippen molar-refractivity contribution in [2.45, 2.75) is 142 Å². The van der Waals surface area contributed by atoms with E-state index in [0.717, 1.165) is 44.1 Å². The normalized spacial score (nSPS) is 13.0. The molecule has 1 saturated heterocycles. The van der Waals surface area contributed by atoms with E-state index in [4.69, 9.17) is 9.47 Å². The molecule has 0 radical (unpaired) electrons. The molecule has 1 aliphatic rings. The third-order valence-electron chi connectivity index (χ3n) is 11.1. The number of likely N-dealkylation sites (tertiary alicyclic amines) is 1. The first kappa shape index (κ1) is 57.5. The van der Waals surface area contributed by atoms with Crippen LogP contribution in [0.15, 0.2) is 30.3 Å². The van der Waals surface area contributed by atoms with Crippen LogP contribution < -0.4 is 31.9 Å². The van der Waals surface area contributed by atoms with Crippen molar-refractivity contribution in [1.82, 2.24) is 41.7 Å². The van der Waals surface area contributed by atoms with Crippen LogP contribution in [0.2, 0.25) is 0 Å². The summed E-state index contributed by atoms with van der Waals surface area (Å²) in [6.07, 6.45) is 19.6. The highest BCUT2D eigenvalue weighted by Gasteiger charge is 2.34. The van der Waals surface area contributed by atoms with Gasteiger partial charge in [-0.25, -0.2) is 0 Å². The fraction of sp³-hybridized carbons (Fsp3) is 0.688. The highest BCUT2D eigenvalue weighted by Crippen LogP contribution is 2.17. The molecular weight excluding hydrogens is 865 g/mol. The van der Waals surface area contributed by atoms with E-state index in [-0.39, 0.29) is 25.7 Å². The highest BCUT2D eigenvalue weighted by molar-refractivity contribution is 5.94. The summed E-state index contributed by atoms with van der Waals surface area (Å²) >= 11 is 0. The van der Waals surface area contributed by atoms with E-state index in [2.05, 4.69) is 45.7 Å². The Morgan fingerprint density at radius 1 is 0.552 bits per heavy atom. The number of unbranched alkanes of at least 4 members (excludes halogenated alkanes) is 14. The first-order valence-electron chi connectivity index (χ1n) is 24.4. The number of nitrogens with zero attached hydrogens (tertiary/aromatic N) is 2. The maximum Gasteiger partial charge on any atom is 0.325 e. The molecule has 1 aromatic rings. The molecule has 0 aliphatic carbocycles. The molecule has 1 fully saturated rings. The number of benzene rings is 1. The summed E-state index contributed by atoms with van der Waals surface area (Å²) in [5, 5.41) is 14.3. The second kappa shape index (κ2) is 36.5. The molecule has 0 bridgehead atoms. The summed E-state index contributed by atoms with van der Waals surface area (Å²) in [4.78, 5) is 115. The van der Waals surface area contributed by atoms with E-state index < -0.39 is 99.2 Å². The van der Waals surface area contributed by atoms with E-state index in [0.29, 0.717) is 25.9 Å². The third-order valence-corrected chi connectivity index (χ3v) is 11.1. The molecule has 1 aromatic carbocycles. The quantitative estimate of drug-likeness (QED) is 0.0418. The molecule has 2 rings (SSSR count). The summed E-state index contributed by atoms with van der Waals surface area (Å²) in [5.74, 6) is -5.20. The number of amides is 8. The largest absolute Gasteiger partial charge is 0.460 e. The molecule has 8 amide bonds. The minimum absolute atomic E-state index is 0.0517. The number of hydrogen-bond donors (Lipinski definition) is 6. The summed E-state index contributed by atoms with van der Waals surface area (Å²) in [5.41, 5.74) is 0.788. The molecule has 1 aliphatic heterocycles. The van der Waals surface area contributed by atoms with Gasteiger partial charge in [-0.1, -0.05) is 134 Å². The van der Waals surface area contributed by atoms with Gasteiger partial charge in [-0.15, -0.1) is 0 Å². The van der Waals surface area contributed by atoms with Crippen LogP contribution in [0.25, 0.3) is 0 Å². The topological polar surface area (TPSA) is 251 Å². The summed E-state index contributed by atoms with van der Waals surface area (Å²) in [6.45, 7) is 2.71. The Kier molecular flexibility index (Phi) is 31.4. The lowest BCUT2D eigenvalue weighted by molar-refractivity contribution is -0.145. The average molecular weight is 943 g/mol.